The predicted octanol–water partition coefficient (Wildman–Crippen LogP) is 3.04. The van der Waals surface area contributed by atoms with Crippen molar-refractivity contribution in [2.75, 3.05) is 7.05 Å². The van der Waals surface area contributed by atoms with E-state index in [9.17, 15) is 23.2 Å². The van der Waals surface area contributed by atoms with Crippen molar-refractivity contribution < 1.29 is 32.6 Å². The minimum Gasteiger partial charge on any atom is -0.444 e. The molecule has 152 valence electrons. The van der Waals surface area contributed by atoms with Crippen molar-refractivity contribution in [2.24, 2.45) is 0 Å². The highest BCUT2D eigenvalue weighted by Crippen LogP contribution is 2.19. The second-order valence-corrected chi connectivity index (χ2v) is 5.58. The van der Waals surface area contributed by atoms with Gasteiger partial charge in [-0.25, -0.2) is 9.59 Å². The Morgan fingerprint density at radius 2 is 1.66 bits per heavy atom. The maximum absolute atomic E-state index is 12.3. The molecule has 0 saturated heterocycles. The number of alkyl halides is 2. The number of amides is 3. The molecule has 0 bridgehead atoms. The van der Waals surface area contributed by atoms with Gasteiger partial charge in [0, 0.05) is 18.7 Å². The SMILES string of the molecule is CNC(=O)NC(=O)C(OC(=O)/C=C/c1ccc(OC(F)F)cc1)c1ccccc1. The van der Waals surface area contributed by atoms with Crippen LogP contribution in [0.3, 0.4) is 0 Å². The summed E-state index contributed by atoms with van der Waals surface area (Å²) in [4.78, 5) is 35.9. The summed E-state index contributed by atoms with van der Waals surface area (Å²) in [5, 5.41) is 4.30. The zero-order chi connectivity index (χ0) is 21.2. The largest absolute Gasteiger partial charge is 0.444 e. The van der Waals surface area contributed by atoms with Crippen molar-refractivity contribution in [1.82, 2.24) is 10.6 Å². The van der Waals surface area contributed by atoms with Crippen LogP contribution in [0.5, 0.6) is 5.75 Å². The van der Waals surface area contributed by atoms with Crippen LogP contribution >= 0.6 is 0 Å². The van der Waals surface area contributed by atoms with E-state index in [1.54, 1.807) is 30.3 Å². The lowest BCUT2D eigenvalue weighted by atomic mass is 10.1. The van der Waals surface area contributed by atoms with E-state index in [0.29, 0.717) is 11.1 Å². The normalized spacial score (nSPS) is 11.7. The van der Waals surface area contributed by atoms with E-state index >= 15 is 0 Å². The molecule has 2 rings (SSSR count). The highest BCUT2D eigenvalue weighted by atomic mass is 19.3. The summed E-state index contributed by atoms with van der Waals surface area (Å²) in [7, 11) is 1.34. The maximum atomic E-state index is 12.3. The molecule has 2 N–H and O–H groups in total. The van der Waals surface area contributed by atoms with Crippen molar-refractivity contribution >= 4 is 24.0 Å². The molecule has 9 heteroatoms. The lowest BCUT2D eigenvalue weighted by Crippen LogP contribution is -2.41. The van der Waals surface area contributed by atoms with Crippen LogP contribution < -0.4 is 15.4 Å². The number of imide groups is 1. The number of esters is 1. The van der Waals surface area contributed by atoms with E-state index < -0.39 is 30.6 Å². The van der Waals surface area contributed by atoms with E-state index in [-0.39, 0.29) is 5.75 Å². The number of ether oxygens (including phenoxy) is 2. The third-order valence-corrected chi connectivity index (χ3v) is 3.56. The fourth-order valence-corrected chi connectivity index (χ4v) is 2.22. The van der Waals surface area contributed by atoms with Gasteiger partial charge in [-0.3, -0.25) is 10.1 Å². The van der Waals surface area contributed by atoms with E-state index in [4.69, 9.17) is 4.74 Å². The van der Waals surface area contributed by atoms with Crippen molar-refractivity contribution in [3.8, 4) is 5.75 Å². The fourth-order valence-electron chi connectivity index (χ4n) is 2.22. The van der Waals surface area contributed by atoms with Crippen LogP contribution in [0.15, 0.2) is 60.7 Å². The second-order valence-electron chi connectivity index (χ2n) is 5.58. The molecule has 2 aromatic rings. The summed E-state index contributed by atoms with van der Waals surface area (Å²) in [5.41, 5.74) is 0.902. The molecular weight excluding hydrogens is 386 g/mol. The Labute approximate surface area is 165 Å². The van der Waals surface area contributed by atoms with Crippen LogP contribution in [0.1, 0.15) is 17.2 Å². The number of hydrogen-bond donors (Lipinski definition) is 2. The molecule has 0 saturated carbocycles. The van der Waals surface area contributed by atoms with Crippen molar-refractivity contribution in [1.29, 1.82) is 0 Å². The van der Waals surface area contributed by atoms with Crippen molar-refractivity contribution in [3.05, 3.63) is 71.8 Å². The highest BCUT2D eigenvalue weighted by molar-refractivity contribution is 5.98. The zero-order valence-electron chi connectivity index (χ0n) is 15.3. The third kappa shape index (κ3) is 7.06. The summed E-state index contributed by atoms with van der Waals surface area (Å²) in [6.07, 6.45) is 1.12. The molecule has 2 aromatic carbocycles. The third-order valence-electron chi connectivity index (χ3n) is 3.56. The van der Waals surface area contributed by atoms with Gasteiger partial charge in [-0.05, 0) is 23.8 Å². The van der Waals surface area contributed by atoms with Crippen LogP contribution in [0.2, 0.25) is 0 Å². The van der Waals surface area contributed by atoms with Crippen LogP contribution in [0.4, 0.5) is 13.6 Å². The van der Waals surface area contributed by atoms with Crippen LogP contribution in [-0.2, 0) is 14.3 Å². The fraction of sp³-hybridized carbons (Fsp3) is 0.150. The summed E-state index contributed by atoms with van der Waals surface area (Å²) < 4.78 is 33.7. The van der Waals surface area contributed by atoms with Crippen LogP contribution in [0, 0.1) is 0 Å². The molecule has 0 aliphatic carbocycles. The topological polar surface area (TPSA) is 93.7 Å². The molecule has 0 aliphatic heterocycles. The van der Waals surface area contributed by atoms with Gasteiger partial charge in [-0.15, -0.1) is 0 Å². The maximum Gasteiger partial charge on any atom is 0.387 e. The lowest BCUT2D eigenvalue weighted by Gasteiger charge is -2.16. The first-order chi connectivity index (χ1) is 13.9. The van der Waals surface area contributed by atoms with Gasteiger partial charge in [-0.2, -0.15) is 8.78 Å². The smallest absolute Gasteiger partial charge is 0.387 e. The minimum absolute atomic E-state index is 0.0188. The first kappa shape index (κ1) is 21.5. The standard InChI is InChI=1S/C20H18F2N2O5/c1-23-20(27)24-18(26)17(14-5-3-2-4-6-14)29-16(25)12-9-13-7-10-15(11-8-13)28-19(21)22/h2-12,17,19H,1H3,(H2,23,24,26,27)/b12-9+. The van der Waals surface area contributed by atoms with E-state index in [0.717, 1.165) is 6.08 Å². The highest BCUT2D eigenvalue weighted by Gasteiger charge is 2.25. The molecule has 3 amide bonds. The number of carbonyl (C=O) groups is 3. The Balaban J connectivity index is 2.08. The number of rotatable bonds is 7. The number of nitrogens with one attached hydrogen (secondary N) is 2. The number of benzene rings is 2. The quantitative estimate of drug-likeness (QED) is 0.547. The van der Waals surface area contributed by atoms with Crippen LogP contribution in [-0.4, -0.2) is 31.6 Å². The average Bonchev–Trinajstić information content (AvgIpc) is 2.71. The van der Waals surface area contributed by atoms with Gasteiger partial charge in [0.15, 0.2) is 0 Å². The molecule has 0 radical (unpaired) electrons. The molecule has 7 nitrogen and oxygen atoms in total. The Morgan fingerprint density at radius 3 is 2.24 bits per heavy atom. The summed E-state index contributed by atoms with van der Waals surface area (Å²) in [6, 6.07) is 13.0. The number of carbonyl (C=O) groups excluding carboxylic acids is 3. The molecule has 1 atom stereocenters. The first-order valence-electron chi connectivity index (χ1n) is 8.40. The van der Waals surface area contributed by atoms with Crippen molar-refractivity contribution in [2.45, 2.75) is 12.7 Å². The first-order valence-corrected chi connectivity index (χ1v) is 8.40. The van der Waals surface area contributed by atoms with Gasteiger partial charge < -0.3 is 14.8 Å². The zero-order valence-corrected chi connectivity index (χ0v) is 15.3. The van der Waals surface area contributed by atoms with Gasteiger partial charge >= 0.3 is 18.6 Å². The molecule has 29 heavy (non-hydrogen) atoms. The Bertz CT molecular complexity index is 870. The second kappa shape index (κ2) is 10.5. The molecular formula is C20H18F2N2O5. The minimum atomic E-state index is -2.93. The van der Waals surface area contributed by atoms with Crippen molar-refractivity contribution in [3.63, 3.8) is 0 Å². The summed E-state index contributed by atoms with van der Waals surface area (Å²) in [6.45, 7) is -2.93. The monoisotopic (exact) mass is 404 g/mol. The molecule has 0 aromatic heterocycles. The summed E-state index contributed by atoms with van der Waals surface area (Å²) in [5.74, 6) is -1.67. The van der Waals surface area contributed by atoms with Gasteiger partial charge in [0.25, 0.3) is 5.91 Å². The van der Waals surface area contributed by atoms with E-state index in [1.165, 1.54) is 37.4 Å². The Hall–Kier alpha value is -3.75. The molecule has 0 fully saturated rings. The number of hydrogen-bond acceptors (Lipinski definition) is 5. The summed E-state index contributed by atoms with van der Waals surface area (Å²) >= 11 is 0. The molecule has 0 spiro atoms. The van der Waals surface area contributed by atoms with Crippen LogP contribution in [0.25, 0.3) is 6.08 Å². The van der Waals surface area contributed by atoms with Gasteiger partial charge in [0.1, 0.15) is 5.75 Å². The van der Waals surface area contributed by atoms with Gasteiger partial charge in [0.05, 0.1) is 0 Å². The number of halogens is 2. The average molecular weight is 404 g/mol. The molecule has 0 heterocycles. The lowest BCUT2D eigenvalue weighted by molar-refractivity contribution is -0.151. The van der Waals surface area contributed by atoms with E-state index in [2.05, 4.69) is 15.4 Å². The Kier molecular flexibility index (Phi) is 7.84. The number of urea groups is 1. The Morgan fingerprint density at radius 1 is 1.00 bits per heavy atom. The predicted molar refractivity (Wildman–Crippen MR) is 100.0 cm³/mol. The molecule has 0 aliphatic rings. The van der Waals surface area contributed by atoms with E-state index in [1.807, 2.05) is 0 Å². The molecule has 1 unspecified atom stereocenters. The van der Waals surface area contributed by atoms with Gasteiger partial charge in [0.2, 0.25) is 6.10 Å². The van der Waals surface area contributed by atoms with Gasteiger partial charge in [-0.1, -0.05) is 42.5 Å².